The van der Waals surface area contributed by atoms with Gasteiger partial charge in [0, 0.05) is 25.2 Å². The maximum absolute atomic E-state index is 12.7. The van der Waals surface area contributed by atoms with Crippen molar-refractivity contribution in [1.29, 1.82) is 0 Å². The molecule has 132 valence electrons. The van der Waals surface area contributed by atoms with E-state index in [0.29, 0.717) is 29.8 Å². The van der Waals surface area contributed by atoms with Crippen molar-refractivity contribution in [3.05, 3.63) is 63.6 Å². The Labute approximate surface area is 156 Å². The lowest BCUT2D eigenvalue weighted by molar-refractivity contribution is 0.0487. The van der Waals surface area contributed by atoms with E-state index in [-0.39, 0.29) is 17.1 Å². The Hall–Kier alpha value is -1.85. The summed E-state index contributed by atoms with van der Waals surface area (Å²) < 4.78 is 6.06. The number of carbonyl (C=O) groups is 1. The van der Waals surface area contributed by atoms with E-state index < -0.39 is 0 Å². The zero-order chi connectivity index (χ0) is 17.9. The number of aromatic hydroxyl groups is 1. The maximum atomic E-state index is 12.7. The van der Waals surface area contributed by atoms with Crippen LogP contribution < -0.4 is 5.32 Å². The van der Waals surface area contributed by atoms with Gasteiger partial charge in [0.25, 0.3) is 5.91 Å². The van der Waals surface area contributed by atoms with E-state index in [1.165, 1.54) is 5.56 Å². The molecule has 3 rings (SSSR count). The smallest absolute Gasteiger partial charge is 0.255 e. The third kappa shape index (κ3) is 3.88. The lowest BCUT2D eigenvalue weighted by Gasteiger charge is -2.38. The van der Waals surface area contributed by atoms with Crippen LogP contribution in [0.4, 0.5) is 0 Å². The maximum Gasteiger partial charge on any atom is 0.255 e. The Kier molecular flexibility index (Phi) is 5.45. The Morgan fingerprint density at radius 2 is 1.92 bits per heavy atom. The minimum Gasteiger partial charge on any atom is -0.506 e. The molecule has 1 fully saturated rings. The molecule has 0 unspecified atom stereocenters. The molecule has 2 aromatic rings. The summed E-state index contributed by atoms with van der Waals surface area (Å²) in [7, 11) is 0. The number of phenolic OH excluding ortho intramolecular Hbond substituents is 1. The Balaban J connectivity index is 1.81. The third-order valence-corrected chi connectivity index (χ3v) is 5.48. The quantitative estimate of drug-likeness (QED) is 0.812. The van der Waals surface area contributed by atoms with Gasteiger partial charge in [0.15, 0.2) is 0 Å². The predicted molar refractivity (Wildman–Crippen MR) is 101 cm³/mol. The van der Waals surface area contributed by atoms with Crippen LogP contribution in [0.5, 0.6) is 5.75 Å². The number of ether oxygens (including phenoxy) is 1. The standard InChI is InChI=1S/C20H22BrNO3/c1-14-11-16(18(23)17(21)12-14)19(24)22-13-20(7-9-25-10-8-20)15-5-3-2-4-6-15/h2-6,11-12,23H,7-10,13H2,1H3,(H,22,24). The number of hydrogen-bond acceptors (Lipinski definition) is 3. The summed E-state index contributed by atoms with van der Waals surface area (Å²) in [6.45, 7) is 3.78. The molecule has 1 saturated heterocycles. The molecule has 2 aromatic carbocycles. The van der Waals surface area contributed by atoms with Crippen molar-refractivity contribution in [1.82, 2.24) is 5.32 Å². The Bertz CT molecular complexity index is 755. The molecule has 1 aliphatic heterocycles. The van der Waals surface area contributed by atoms with Gasteiger partial charge in [-0.15, -0.1) is 0 Å². The van der Waals surface area contributed by atoms with Crippen molar-refractivity contribution < 1.29 is 14.6 Å². The van der Waals surface area contributed by atoms with Crippen molar-refractivity contribution in [2.45, 2.75) is 25.2 Å². The SMILES string of the molecule is Cc1cc(Br)c(O)c(C(=O)NCC2(c3ccccc3)CCOCC2)c1. The number of rotatable bonds is 4. The fourth-order valence-corrected chi connectivity index (χ4v) is 3.95. The molecule has 0 aromatic heterocycles. The molecule has 0 spiro atoms. The number of phenols is 1. The number of nitrogens with one attached hydrogen (secondary N) is 1. The molecule has 25 heavy (non-hydrogen) atoms. The van der Waals surface area contributed by atoms with Crippen LogP contribution in [-0.4, -0.2) is 30.8 Å². The second kappa shape index (κ2) is 7.58. The van der Waals surface area contributed by atoms with Gasteiger partial charge in [-0.2, -0.15) is 0 Å². The van der Waals surface area contributed by atoms with Gasteiger partial charge in [-0.05, 0) is 59.0 Å². The van der Waals surface area contributed by atoms with E-state index in [0.717, 1.165) is 18.4 Å². The van der Waals surface area contributed by atoms with Gasteiger partial charge in [-0.3, -0.25) is 4.79 Å². The number of carbonyl (C=O) groups excluding carboxylic acids is 1. The summed E-state index contributed by atoms with van der Waals surface area (Å²) in [5.41, 5.74) is 2.29. The van der Waals surface area contributed by atoms with Crippen molar-refractivity contribution >= 4 is 21.8 Å². The summed E-state index contributed by atoms with van der Waals surface area (Å²) in [5.74, 6) is -0.285. The van der Waals surface area contributed by atoms with Gasteiger partial charge < -0.3 is 15.2 Å². The highest BCUT2D eigenvalue weighted by molar-refractivity contribution is 9.10. The van der Waals surface area contributed by atoms with E-state index in [9.17, 15) is 9.90 Å². The number of hydrogen-bond donors (Lipinski definition) is 2. The van der Waals surface area contributed by atoms with Crippen LogP contribution >= 0.6 is 15.9 Å². The zero-order valence-electron chi connectivity index (χ0n) is 14.2. The second-order valence-electron chi connectivity index (χ2n) is 6.58. The van der Waals surface area contributed by atoms with Gasteiger partial charge in [-0.1, -0.05) is 30.3 Å². The summed E-state index contributed by atoms with van der Waals surface area (Å²) in [6.07, 6.45) is 1.72. The van der Waals surface area contributed by atoms with Gasteiger partial charge >= 0.3 is 0 Å². The first-order valence-electron chi connectivity index (χ1n) is 8.42. The third-order valence-electron chi connectivity index (χ3n) is 4.88. The van der Waals surface area contributed by atoms with Gasteiger partial charge in [-0.25, -0.2) is 0 Å². The Morgan fingerprint density at radius 1 is 1.24 bits per heavy atom. The van der Waals surface area contributed by atoms with Crippen LogP contribution in [0.25, 0.3) is 0 Å². The summed E-state index contributed by atoms with van der Waals surface area (Å²) in [4.78, 5) is 12.7. The van der Waals surface area contributed by atoms with E-state index in [1.807, 2.05) is 25.1 Å². The molecule has 1 amide bonds. The average molecular weight is 404 g/mol. The zero-order valence-corrected chi connectivity index (χ0v) is 15.8. The van der Waals surface area contributed by atoms with E-state index >= 15 is 0 Å². The first kappa shape index (κ1) is 18.0. The van der Waals surface area contributed by atoms with E-state index in [2.05, 4.69) is 33.4 Å². The fourth-order valence-electron chi connectivity index (χ4n) is 3.37. The Morgan fingerprint density at radius 3 is 2.60 bits per heavy atom. The van der Waals surface area contributed by atoms with Crippen LogP contribution in [0.1, 0.15) is 34.3 Å². The van der Waals surface area contributed by atoms with Crippen LogP contribution in [0, 0.1) is 6.92 Å². The van der Waals surface area contributed by atoms with Crippen LogP contribution in [0.2, 0.25) is 0 Å². The molecule has 0 saturated carbocycles. The lowest BCUT2D eigenvalue weighted by atomic mass is 9.74. The van der Waals surface area contributed by atoms with Crippen LogP contribution in [-0.2, 0) is 10.2 Å². The molecular weight excluding hydrogens is 382 g/mol. The van der Waals surface area contributed by atoms with Crippen molar-refractivity contribution in [3.8, 4) is 5.75 Å². The van der Waals surface area contributed by atoms with E-state index in [1.54, 1.807) is 12.1 Å². The minimum absolute atomic E-state index is 0.0242. The van der Waals surface area contributed by atoms with Gasteiger partial charge in [0.1, 0.15) is 5.75 Å². The van der Waals surface area contributed by atoms with E-state index in [4.69, 9.17) is 4.74 Å². The summed E-state index contributed by atoms with van der Waals surface area (Å²) in [5, 5.41) is 13.2. The minimum atomic E-state index is -0.260. The number of amides is 1. The molecule has 2 N–H and O–H groups in total. The molecule has 1 heterocycles. The predicted octanol–water partition coefficient (Wildman–Crippen LogP) is 3.94. The molecule has 0 bridgehead atoms. The highest BCUT2D eigenvalue weighted by atomic mass is 79.9. The largest absolute Gasteiger partial charge is 0.506 e. The summed E-state index contributed by atoms with van der Waals surface area (Å²) in [6, 6.07) is 13.8. The topological polar surface area (TPSA) is 58.6 Å². The summed E-state index contributed by atoms with van der Waals surface area (Å²) >= 11 is 3.29. The van der Waals surface area contributed by atoms with Crippen LogP contribution in [0.3, 0.4) is 0 Å². The molecule has 5 heteroatoms. The lowest BCUT2D eigenvalue weighted by Crippen LogP contribution is -2.44. The fraction of sp³-hybridized carbons (Fsp3) is 0.350. The molecule has 4 nitrogen and oxygen atoms in total. The van der Waals surface area contributed by atoms with Crippen molar-refractivity contribution in [2.75, 3.05) is 19.8 Å². The molecule has 0 aliphatic carbocycles. The highest BCUT2D eigenvalue weighted by Crippen LogP contribution is 2.35. The van der Waals surface area contributed by atoms with Gasteiger partial charge in [0.05, 0.1) is 10.0 Å². The number of halogens is 1. The van der Waals surface area contributed by atoms with Gasteiger partial charge in [0.2, 0.25) is 0 Å². The molecule has 1 aliphatic rings. The molecular formula is C20H22BrNO3. The first-order valence-corrected chi connectivity index (χ1v) is 9.22. The molecule has 0 atom stereocenters. The van der Waals surface area contributed by atoms with Crippen molar-refractivity contribution in [3.63, 3.8) is 0 Å². The second-order valence-corrected chi connectivity index (χ2v) is 7.44. The number of benzene rings is 2. The van der Waals surface area contributed by atoms with Crippen LogP contribution in [0.15, 0.2) is 46.9 Å². The number of aryl methyl sites for hydroxylation is 1. The monoisotopic (exact) mass is 403 g/mol. The average Bonchev–Trinajstić information content (AvgIpc) is 2.64. The highest BCUT2D eigenvalue weighted by Gasteiger charge is 2.35. The first-order chi connectivity index (χ1) is 12.0. The normalized spacial score (nSPS) is 16.4. The molecule has 0 radical (unpaired) electrons. The van der Waals surface area contributed by atoms with Crippen molar-refractivity contribution in [2.24, 2.45) is 0 Å².